The van der Waals surface area contributed by atoms with Gasteiger partial charge in [-0.15, -0.1) is 0 Å². The number of aromatic hydroxyl groups is 2. The Balaban J connectivity index is 1.67. The maximum atomic E-state index is 12.1. The molecule has 0 aliphatic carbocycles. The topological polar surface area (TPSA) is 82.7 Å². The van der Waals surface area contributed by atoms with Gasteiger partial charge in [0, 0.05) is 12.1 Å². The number of nitrogens with one attached hydrogen (secondary N) is 1. The fourth-order valence-corrected chi connectivity index (χ4v) is 2.18. The first-order valence-corrected chi connectivity index (χ1v) is 7.07. The molecule has 1 aromatic heterocycles. The minimum absolute atomic E-state index is 0.157. The number of rotatable bonds is 4. The van der Waals surface area contributed by atoms with Crippen LogP contribution in [0.4, 0.5) is 0 Å². The van der Waals surface area contributed by atoms with E-state index < -0.39 is 0 Å². The molecule has 5 nitrogen and oxygen atoms in total. The van der Waals surface area contributed by atoms with Crippen LogP contribution in [-0.4, -0.2) is 16.1 Å². The molecule has 0 spiro atoms. The van der Waals surface area contributed by atoms with Crippen molar-refractivity contribution in [1.29, 1.82) is 0 Å². The molecule has 0 saturated heterocycles. The van der Waals surface area contributed by atoms with Crippen molar-refractivity contribution in [2.75, 3.05) is 0 Å². The van der Waals surface area contributed by atoms with Crippen molar-refractivity contribution in [1.82, 2.24) is 5.32 Å². The molecule has 0 aliphatic heterocycles. The summed E-state index contributed by atoms with van der Waals surface area (Å²) in [6.45, 7) is 0.294. The van der Waals surface area contributed by atoms with Crippen molar-refractivity contribution < 1.29 is 19.4 Å². The maximum absolute atomic E-state index is 12.1. The molecule has 0 unspecified atom stereocenters. The van der Waals surface area contributed by atoms with Gasteiger partial charge in [-0.3, -0.25) is 4.79 Å². The largest absolute Gasteiger partial charge is 0.508 e. The summed E-state index contributed by atoms with van der Waals surface area (Å²) < 4.78 is 5.54. The van der Waals surface area contributed by atoms with Crippen LogP contribution in [0.15, 0.2) is 65.1 Å². The van der Waals surface area contributed by atoms with E-state index in [0.29, 0.717) is 12.3 Å². The van der Waals surface area contributed by atoms with Gasteiger partial charge in [0.25, 0.3) is 5.91 Å². The standard InChI is InChI=1S/C18H15NO4/c20-14-6-4-13(5-7-14)16-8-9-17(23-16)18(22)19-11-12-2-1-3-15(21)10-12/h1-10,20-21H,11H2,(H,19,22). The number of furan rings is 1. The molecule has 2 aromatic carbocycles. The second kappa shape index (κ2) is 6.27. The molecular formula is C18H15NO4. The first kappa shape index (κ1) is 14.7. The van der Waals surface area contributed by atoms with Crippen LogP contribution in [0.1, 0.15) is 16.1 Å². The van der Waals surface area contributed by atoms with Gasteiger partial charge in [0.05, 0.1) is 0 Å². The average Bonchev–Trinajstić information content (AvgIpc) is 3.03. The molecule has 0 aliphatic rings. The van der Waals surface area contributed by atoms with Gasteiger partial charge in [0.15, 0.2) is 5.76 Å². The highest BCUT2D eigenvalue weighted by molar-refractivity contribution is 5.92. The lowest BCUT2D eigenvalue weighted by Gasteiger charge is -2.04. The van der Waals surface area contributed by atoms with E-state index in [1.165, 1.54) is 0 Å². The molecule has 0 bridgehead atoms. The number of hydrogen-bond donors (Lipinski definition) is 3. The van der Waals surface area contributed by atoms with Gasteiger partial charge in [0.2, 0.25) is 0 Å². The van der Waals surface area contributed by atoms with Gasteiger partial charge in [-0.1, -0.05) is 12.1 Å². The van der Waals surface area contributed by atoms with Gasteiger partial charge in [0.1, 0.15) is 17.3 Å². The molecule has 116 valence electrons. The number of carbonyl (C=O) groups is 1. The van der Waals surface area contributed by atoms with Crippen LogP contribution < -0.4 is 5.32 Å². The van der Waals surface area contributed by atoms with Gasteiger partial charge < -0.3 is 19.9 Å². The quantitative estimate of drug-likeness (QED) is 0.690. The van der Waals surface area contributed by atoms with Crippen LogP contribution in [0.5, 0.6) is 11.5 Å². The zero-order chi connectivity index (χ0) is 16.2. The Kier molecular flexibility index (Phi) is 4.01. The number of phenolic OH excluding ortho intramolecular Hbond substituents is 2. The second-order valence-electron chi connectivity index (χ2n) is 5.06. The SMILES string of the molecule is O=C(NCc1cccc(O)c1)c1ccc(-c2ccc(O)cc2)o1. The second-order valence-corrected chi connectivity index (χ2v) is 5.06. The third-order valence-electron chi connectivity index (χ3n) is 3.35. The molecule has 5 heteroatoms. The van der Waals surface area contributed by atoms with Crippen LogP contribution in [0.3, 0.4) is 0 Å². The van der Waals surface area contributed by atoms with E-state index in [9.17, 15) is 15.0 Å². The predicted molar refractivity (Wildman–Crippen MR) is 85.1 cm³/mol. The monoisotopic (exact) mass is 309 g/mol. The zero-order valence-corrected chi connectivity index (χ0v) is 12.2. The molecule has 0 saturated carbocycles. The van der Waals surface area contributed by atoms with Crippen LogP contribution in [0.25, 0.3) is 11.3 Å². The van der Waals surface area contributed by atoms with E-state index in [-0.39, 0.29) is 23.2 Å². The fourth-order valence-electron chi connectivity index (χ4n) is 2.18. The zero-order valence-electron chi connectivity index (χ0n) is 12.2. The highest BCUT2D eigenvalue weighted by Gasteiger charge is 2.12. The summed E-state index contributed by atoms with van der Waals surface area (Å²) in [5.74, 6) is 0.743. The van der Waals surface area contributed by atoms with Crippen molar-refractivity contribution in [3.05, 3.63) is 72.0 Å². The summed E-state index contributed by atoms with van der Waals surface area (Å²) in [7, 11) is 0. The Hall–Kier alpha value is -3.21. The molecular weight excluding hydrogens is 294 g/mol. The Morgan fingerprint density at radius 2 is 1.74 bits per heavy atom. The smallest absolute Gasteiger partial charge is 0.287 e. The summed E-state index contributed by atoms with van der Waals surface area (Å²) in [6, 6.07) is 16.5. The Morgan fingerprint density at radius 1 is 0.957 bits per heavy atom. The minimum atomic E-state index is -0.335. The van der Waals surface area contributed by atoms with E-state index in [1.54, 1.807) is 54.6 Å². The Bertz CT molecular complexity index is 821. The first-order chi connectivity index (χ1) is 11.1. The number of benzene rings is 2. The molecule has 1 amide bonds. The third-order valence-corrected chi connectivity index (χ3v) is 3.35. The van der Waals surface area contributed by atoms with Crippen molar-refractivity contribution in [2.45, 2.75) is 6.54 Å². The normalized spacial score (nSPS) is 10.4. The molecule has 23 heavy (non-hydrogen) atoms. The fraction of sp³-hybridized carbons (Fsp3) is 0.0556. The highest BCUT2D eigenvalue weighted by Crippen LogP contribution is 2.24. The molecule has 0 atom stereocenters. The van der Waals surface area contributed by atoms with E-state index in [1.807, 2.05) is 6.07 Å². The van der Waals surface area contributed by atoms with Crippen LogP contribution in [0, 0.1) is 0 Å². The lowest BCUT2D eigenvalue weighted by molar-refractivity contribution is 0.0924. The molecule has 0 radical (unpaired) electrons. The van der Waals surface area contributed by atoms with Crippen molar-refractivity contribution in [3.63, 3.8) is 0 Å². The van der Waals surface area contributed by atoms with Gasteiger partial charge in [-0.2, -0.15) is 0 Å². The van der Waals surface area contributed by atoms with Crippen molar-refractivity contribution >= 4 is 5.91 Å². The molecule has 3 aromatic rings. The van der Waals surface area contributed by atoms with E-state index in [0.717, 1.165) is 11.1 Å². The van der Waals surface area contributed by atoms with Gasteiger partial charge >= 0.3 is 0 Å². The Morgan fingerprint density at radius 3 is 2.48 bits per heavy atom. The van der Waals surface area contributed by atoms with Crippen molar-refractivity contribution in [2.24, 2.45) is 0 Å². The average molecular weight is 309 g/mol. The molecule has 0 fully saturated rings. The van der Waals surface area contributed by atoms with E-state index in [2.05, 4.69) is 5.32 Å². The third kappa shape index (κ3) is 3.52. The van der Waals surface area contributed by atoms with Gasteiger partial charge in [-0.05, 0) is 54.1 Å². The Labute approximate surface area is 132 Å². The summed E-state index contributed by atoms with van der Waals surface area (Å²) >= 11 is 0. The first-order valence-electron chi connectivity index (χ1n) is 7.07. The minimum Gasteiger partial charge on any atom is -0.508 e. The highest BCUT2D eigenvalue weighted by atomic mass is 16.3. The number of phenols is 2. The number of carbonyl (C=O) groups excluding carboxylic acids is 1. The predicted octanol–water partition coefficient (Wildman–Crippen LogP) is 3.29. The summed E-state index contributed by atoms with van der Waals surface area (Å²) in [5.41, 5.74) is 1.57. The lowest BCUT2D eigenvalue weighted by Crippen LogP contribution is -2.22. The molecule has 3 rings (SSSR count). The van der Waals surface area contributed by atoms with E-state index in [4.69, 9.17) is 4.42 Å². The van der Waals surface area contributed by atoms with Crippen LogP contribution >= 0.6 is 0 Å². The van der Waals surface area contributed by atoms with Crippen LogP contribution in [0.2, 0.25) is 0 Å². The van der Waals surface area contributed by atoms with Crippen molar-refractivity contribution in [3.8, 4) is 22.8 Å². The number of hydrogen-bond acceptors (Lipinski definition) is 4. The maximum Gasteiger partial charge on any atom is 0.287 e. The lowest BCUT2D eigenvalue weighted by atomic mass is 10.2. The summed E-state index contributed by atoms with van der Waals surface area (Å²) in [6.07, 6.45) is 0. The molecule has 1 heterocycles. The van der Waals surface area contributed by atoms with E-state index >= 15 is 0 Å². The van der Waals surface area contributed by atoms with Crippen LogP contribution in [-0.2, 0) is 6.54 Å². The summed E-state index contributed by atoms with van der Waals surface area (Å²) in [5, 5.41) is 21.4. The van der Waals surface area contributed by atoms with Gasteiger partial charge in [-0.25, -0.2) is 0 Å². The summed E-state index contributed by atoms with van der Waals surface area (Å²) in [4.78, 5) is 12.1. The molecule has 3 N–H and O–H groups in total. The number of amides is 1.